The highest BCUT2D eigenvalue weighted by molar-refractivity contribution is 5.60. The molecular weight excluding hydrogens is 234 g/mol. The van der Waals surface area contributed by atoms with Crippen LogP contribution in [0, 0.1) is 11.6 Å². The minimum atomic E-state index is -2.64. The Labute approximate surface area is 94.7 Å². The number of rotatable bonds is 2. The number of alkyl halides is 2. The van der Waals surface area contributed by atoms with Gasteiger partial charge in [0.15, 0.2) is 5.82 Å². The first-order valence-corrected chi connectivity index (χ1v) is 4.77. The minimum absolute atomic E-state index is 0.145. The van der Waals surface area contributed by atoms with Gasteiger partial charge in [-0.05, 0) is 6.07 Å². The van der Waals surface area contributed by atoms with Gasteiger partial charge in [-0.25, -0.2) is 17.6 Å². The number of halogens is 4. The van der Waals surface area contributed by atoms with E-state index in [2.05, 4.69) is 4.98 Å². The number of pyridine rings is 1. The summed E-state index contributed by atoms with van der Waals surface area (Å²) in [5, 5.41) is 0. The summed E-state index contributed by atoms with van der Waals surface area (Å²) in [6.07, 6.45) is -1.80. The molecule has 0 bridgehead atoms. The van der Waals surface area contributed by atoms with Crippen LogP contribution in [0.4, 0.5) is 17.6 Å². The van der Waals surface area contributed by atoms with Crippen molar-refractivity contribution in [2.45, 2.75) is 6.43 Å². The van der Waals surface area contributed by atoms with Crippen LogP contribution in [-0.2, 0) is 0 Å². The third-order valence-corrected chi connectivity index (χ3v) is 2.22. The summed E-state index contributed by atoms with van der Waals surface area (Å²) in [6.45, 7) is 0. The molecule has 0 N–H and O–H groups in total. The number of nitrogens with zero attached hydrogens (tertiary/aromatic N) is 1. The van der Waals surface area contributed by atoms with E-state index in [1.165, 1.54) is 18.2 Å². The van der Waals surface area contributed by atoms with E-state index in [9.17, 15) is 17.6 Å². The summed E-state index contributed by atoms with van der Waals surface area (Å²) in [7, 11) is 0. The average Bonchev–Trinajstić information content (AvgIpc) is 2.29. The van der Waals surface area contributed by atoms with Crippen LogP contribution in [-0.4, -0.2) is 4.98 Å². The van der Waals surface area contributed by atoms with Gasteiger partial charge in [0.2, 0.25) is 0 Å². The molecule has 17 heavy (non-hydrogen) atoms. The van der Waals surface area contributed by atoms with Crippen molar-refractivity contribution in [2.24, 2.45) is 0 Å². The predicted octanol–water partition coefficient (Wildman–Crippen LogP) is 3.96. The molecule has 0 saturated carbocycles. The van der Waals surface area contributed by atoms with Gasteiger partial charge in [-0.2, -0.15) is 0 Å². The van der Waals surface area contributed by atoms with Crippen molar-refractivity contribution >= 4 is 0 Å². The fourth-order valence-electron chi connectivity index (χ4n) is 1.45. The molecule has 1 aromatic heterocycles. The van der Waals surface area contributed by atoms with Crippen LogP contribution in [0.1, 0.15) is 12.0 Å². The maximum atomic E-state index is 13.4. The van der Waals surface area contributed by atoms with Crippen LogP contribution in [0.5, 0.6) is 0 Å². The highest BCUT2D eigenvalue weighted by Gasteiger charge is 2.12. The molecule has 0 aliphatic heterocycles. The molecule has 1 heterocycles. The van der Waals surface area contributed by atoms with Gasteiger partial charge < -0.3 is 0 Å². The van der Waals surface area contributed by atoms with E-state index < -0.39 is 18.1 Å². The zero-order valence-electron chi connectivity index (χ0n) is 8.50. The topological polar surface area (TPSA) is 12.9 Å². The van der Waals surface area contributed by atoms with Crippen LogP contribution in [0.2, 0.25) is 0 Å². The van der Waals surface area contributed by atoms with Gasteiger partial charge in [-0.3, -0.25) is 4.98 Å². The molecule has 0 atom stereocenters. The fourth-order valence-corrected chi connectivity index (χ4v) is 1.45. The monoisotopic (exact) mass is 241 g/mol. The maximum absolute atomic E-state index is 13.4. The van der Waals surface area contributed by atoms with E-state index in [-0.39, 0.29) is 16.8 Å². The SMILES string of the molecule is Fc1cnc(-c2cccc(C(F)F)c2)c(F)c1. The van der Waals surface area contributed by atoms with Crippen molar-refractivity contribution < 1.29 is 17.6 Å². The lowest BCUT2D eigenvalue weighted by molar-refractivity contribution is 0.151. The van der Waals surface area contributed by atoms with Gasteiger partial charge in [-0.15, -0.1) is 0 Å². The Morgan fingerprint density at radius 1 is 1.06 bits per heavy atom. The van der Waals surface area contributed by atoms with Crippen molar-refractivity contribution in [3.63, 3.8) is 0 Å². The largest absolute Gasteiger partial charge is 0.263 e. The minimum Gasteiger partial charge on any atom is -0.250 e. The van der Waals surface area contributed by atoms with Gasteiger partial charge >= 0.3 is 0 Å². The smallest absolute Gasteiger partial charge is 0.250 e. The molecular formula is C12H7F4N. The maximum Gasteiger partial charge on any atom is 0.263 e. The molecule has 5 heteroatoms. The van der Waals surface area contributed by atoms with E-state index in [4.69, 9.17) is 0 Å². The summed E-state index contributed by atoms with van der Waals surface area (Å²) in [4.78, 5) is 3.55. The Hall–Kier alpha value is -1.91. The molecule has 2 aromatic rings. The molecule has 1 aromatic carbocycles. The van der Waals surface area contributed by atoms with E-state index in [0.717, 1.165) is 12.3 Å². The standard InChI is InChI=1S/C12H7F4N/c13-9-5-10(14)11(17-6-9)7-2-1-3-8(4-7)12(15)16/h1-6,12H. The van der Waals surface area contributed by atoms with Crippen LogP contribution in [0.15, 0.2) is 36.5 Å². The molecule has 0 aliphatic rings. The molecule has 0 aliphatic carbocycles. The normalized spacial score (nSPS) is 10.9. The van der Waals surface area contributed by atoms with Gasteiger partial charge in [0.05, 0.1) is 6.20 Å². The second-order valence-corrected chi connectivity index (χ2v) is 3.41. The lowest BCUT2D eigenvalue weighted by Crippen LogP contribution is -1.92. The number of hydrogen-bond acceptors (Lipinski definition) is 1. The van der Waals surface area contributed by atoms with Crippen molar-refractivity contribution in [1.29, 1.82) is 0 Å². The number of hydrogen-bond donors (Lipinski definition) is 0. The van der Waals surface area contributed by atoms with Gasteiger partial charge in [0, 0.05) is 17.2 Å². The summed E-state index contributed by atoms with van der Waals surface area (Å²) >= 11 is 0. The highest BCUT2D eigenvalue weighted by atomic mass is 19.3. The molecule has 1 nitrogen and oxygen atoms in total. The average molecular weight is 241 g/mol. The summed E-state index contributed by atoms with van der Waals surface area (Å²) < 4.78 is 50.9. The predicted molar refractivity (Wildman–Crippen MR) is 54.5 cm³/mol. The van der Waals surface area contributed by atoms with Crippen molar-refractivity contribution in [3.8, 4) is 11.3 Å². The van der Waals surface area contributed by atoms with Crippen molar-refractivity contribution in [1.82, 2.24) is 4.98 Å². The molecule has 2 rings (SSSR count). The van der Waals surface area contributed by atoms with Gasteiger partial charge in [0.1, 0.15) is 11.5 Å². The molecule has 0 spiro atoms. The lowest BCUT2D eigenvalue weighted by Gasteiger charge is -2.05. The first-order chi connectivity index (χ1) is 8.08. The van der Waals surface area contributed by atoms with Gasteiger partial charge in [-0.1, -0.05) is 18.2 Å². The van der Waals surface area contributed by atoms with E-state index in [0.29, 0.717) is 6.07 Å². The number of benzene rings is 1. The Bertz CT molecular complexity index is 540. The van der Waals surface area contributed by atoms with Crippen LogP contribution >= 0.6 is 0 Å². The fraction of sp³-hybridized carbons (Fsp3) is 0.0833. The quantitative estimate of drug-likeness (QED) is 0.725. The van der Waals surface area contributed by atoms with E-state index in [1.807, 2.05) is 0 Å². The lowest BCUT2D eigenvalue weighted by atomic mass is 10.1. The van der Waals surface area contributed by atoms with E-state index >= 15 is 0 Å². The second kappa shape index (κ2) is 4.53. The molecule has 0 fully saturated rings. The Morgan fingerprint density at radius 2 is 1.82 bits per heavy atom. The van der Waals surface area contributed by atoms with E-state index in [1.54, 1.807) is 0 Å². The first-order valence-electron chi connectivity index (χ1n) is 4.77. The number of aromatic nitrogens is 1. The third-order valence-electron chi connectivity index (χ3n) is 2.22. The zero-order valence-corrected chi connectivity index (χ0v) is 8.50. The highest BCUT2D eigenvalue weighted by Crippen LogP contribution is 2.26. The first kappa shape index (κ1) is 11.6. The zero-order chi connectivity index (χ0) is 12.4. The second-order valence-electron chi connectivity index (χ2n) is 3.41. The van der Waals surface area contributed by atoms with Crippen LogP contribution < -0.4 is 0 Å². The summed E-state index contributed by atoms with van der Waals surface area (Å²) in [6, 6.07) is 5.84. The van der Waals surface area contributed by atoms with Crippen LogP contribution in [0.25, 0.3) is 11.3 Å². The molecule has 0 amide bonds. The molecule has 0 radical (unpaired) electrons. The van der Waals surface area contributed by atoms with Gasteiger partial charge in [0.25, 0.3) is 6.43 Å². The molecule has 0 saturated heterocycles. The molecule has 0 unspecified atom stereocenters. The van der Waals surface area contributed by atoms with Crippen molar-refractivity contribution in [3.05, 3.63) is 53.7 Å². The van der Waals surface area contributed by atoms with Crippen LogP contribution in [0.3, 0.4) is 0 Å². The Balaban J connectivity index is 2.49. The summed E-state index contributed by atoms with van der Waals surface area (Å²) in [5.41, 5.74) is -0.178. The van der Waals surface area contributed by atoms with Crippen molar-refractivity contribution in [2.75, 3.05) is 0 Å². The summed E-state index contributed by atoms with van der Waals surface area (Å²) in [5.74, 6) is -1.69. The Morgan fingerprint density at radius 3 is 2.47 bits per heavy atom. The third kappa shape index (κ3) is 2.43. The molecule has 88 valence electrons. The Kier molecular flexibility index (Phi) is 3.08.